The van der Waals surface area contributed by atoms with E-state index in [0.29, 0.717) is 0 Å². The van der Waals surface area contributed by atoms with Crippen LogP contribution in [0.15, 0.2) is 29.0 Å². The molecule has 14 heavy (non-hydrogen) atoms. The lowest BCUT2D eigenvalue weighted by atomic mass is 9.94. The van der Waals surface area contributed by atoms with Gasteiger partial charge in [0, 0.05) is 7.05 Å². The fourth-order valence-electron chi connectivity index (χ4n) is 1.39. The molecule has 1 aliphatic carbocycles. The van der Waals surface area contributed by atoms with E-state index < -0.39 is 23.7 Å². The van der Waals surface area contributed by atoms with E-state index in [1.165, 1.54) is 25.3 Å². The summed E-state index contributed by atoms with van der Waals surface area (Å²) in [4.78, 5) is 27.0. The van der Waals surface area contributed by atoms with Crippen LogP contribution in [0, 0.1) is 5.92 Å². The Kier molecular flexibility index (Phi) is 1.80. The van der Waals surface area contributed by atoms with Gasteiger partial charge in [0.15, 0.2) is 0 Å². The number of nitrogens with zero attached hydrogens (tertiary/aromatic N) is 2. The van der Waals surface area contributed by atoms with Gasteiger partial charge in [-0.1, -0.05) is 6.08 Å². The quantitative estimate of drug-likeness (QED) is 0.578. The van der Waals surface area contributed by atoms with Crippen molar-refractivity contribution in [3.63, 3.8) is 0 Å². The second kappa shape index (κ2) is 2.87. The summed E-state index contributed by atoms with van der Waals surface area (Å²) in [7, 11) is 1.29. The van der Waals surface area contributed by atoms with Crippen LogP contribution in [-0.2, 0) is 4.79 Å². The zero-order chi connectivity index (χ0) is 10.3. The topological polar surface area (TPSA) is 49.7 Å². The SMILES string of the molecule is CN1C(=O)N=C2C=CC=C(F)C2C1=O. The number of imide groups is 1. The van der Waals surface area contributed by atoms with Gasteiger partial charge in [0.2, 0.25) is 5.91 Å². The number of urea groups is 1. The first-order valence-corrected chi connectivity index (χ1v) is 4.05. The third-order valence-corrected chi connectivity index (χ3v) is 2.18. The van der Waals surface area contributed by atoms with Gasteiger partial charge in [0.05, 0.1) is 5.71 Å². The van der Waals surface area contributed by atoms with Crippen molar-refractivity contribution in [3.05, 3.63) is 24.1 Å². The van der Waals surface area contributed by atoms with Crippen LogP contribution in [-0.4, -0.2) is 29.6 Å². The predicted octanol–water partition coefficient (Wildman–Crippen LogP) is 1.06. The maximum Gasteiger partial charge on any atom is 0.350 e. The van der Waals surface area contributed by atoms with Crippen molar-refractivity contribution < 1.29 is 14.0 Å². The largest absolute Gasteiger partial charge is 0.350 e. The Morgan fingerprint density at radius 2 is 2.21 bits per heavy atom. The summed E-state index contributed by atoms with van der Waals surface area (Å²) >= 11 is 0. The fourth-order valence-corrected chi connectivity index (χ4v) is 1.39. The Morgan fingerprint density at radius 3 is 2.93 bits per heavy atom. The molecular formula is C9H7FN2O2. The molecule has 0 bridgehead atoms. The second-order valence-electron chi connectivity index (χ2n) is 3.06. The molecule has 72 valence electrons. The van der Waals surface area contributed by atoms with Gasteiger partial charge in [-0.2, -0.15) is 4.99 Å². The second-order valence-corrected chi connectivity index (χ2v) is 3.06. The number of carbonyl (C=O) groups excluding carboxylic acids is 2. The van der Waals surface area contributed by atoms with Crippen LogP contribution in [0.5, 0.6) is 0 Å². The fraction of sp³-hybridized carbons (Fsp3) is 0.222. The summed E-state index contributed by atoms with van der Waals surface area (Å²) in [6, 6.07) is -0.652. The van der Waals surface area contributed by atoms with E-state index in [2.05, 4.69) is 4.99 Å². The Balaban J connectivity index is 2.51. The van der Waals surface area contributed by atoms with Crippen molar-refractivity contribution in [1.82, 2.24) is 4.90 Å². The molecule has 5 heteroatoms. The number of hydrogen-bond acceptors (Lipinski definition) is 2. The van der Waals surface area contributed by atoms with Crippen molar-refractivity contribution in [3.8, 4) is 0 Å². The molecule has 4 nitrogen and oxygen atoms in total. The highest BCUT2D eigenvalue weighted by atomic mass is 19.1. The average Bonchev–Trinajstić information content (AvgIpc) is 2.14. The highest BCUT2D eigenvalue weighted by Gasteiger charge is 2.37. The monoisotopic (exact) mass is 194 g/mol. The standard InChI is InChI=1S/C9H7FN2O2/c1-12-8(13)7-5(10)3-2-4-6(7)11-9(12)14/h2-4,7H,1H3. The first-order valence-electron chi connectivity index (χ1n) is 4.05. The molecule has 1 aliphatic heterocycles. The van der Waals surface area contributed by atoms with E-state index in [-0.39, 0.29) is 5.71 Å². The zero-order valence-corrected chi connectivity index (χ0v) is 7.40. The first-order chi connectivity index (χ1) is 6.61. The molecule has 0 radical (unpaired) electrons. The van der Waals surface area contributed by atoms with Crippen LogP contribution < -0.4 is 0 Å². The number of hydrogen-bond donors (Lipinski definition) is 0. The smallest absolute Gasteiger partial charge is 0.273 e. The highest BCUT2D eigenvalue weighted by Crippen LogP contribution is 2.25. The molecule has 3 amide bonds. The molecule has 0 aromatic heterocycles. The molecule has 0 aromatic rings. The van der Waals surface area contributed by atoms with E-state index in [1.54, 1.807) is 0 Å². The van der Waals surface area contributed by atoms with Crippen LogP contribution in [0.25, 0.3) is 0 Å². The summed E-state index contributed by atoms with van der Waals surface area (Å²) in [5.74, 6) is -2.17. The number of allylic oxidation sites excluding steroid dienone is 3. The minimum Gasteiger partial charge on any atom is -0.273 e. The number of amides is 3. The summed E-state index contributed by atoms with van der Waals surface area (Å²) in [5.41, 5.74) is 0.179. The molecule has 0 aromatic carbocycles. The molecule has 2 rings (SSSR count). The van der Waals surface area contributed by atoms with E-state index in [9.17, 15) is 14.0 Å². The Bertz CT molecular complexity index is 409. The minimum absolute atomic E-state index is 0.179. The maximum absolute atomic E-state index is 13.2. The van der Waals surface area contributed by atoms with Gasteiger partial charge in [-0.15, -0.1) is 0 Å². The van der Waals surface area contributed by atoms with Crippen molar-refractivity contribution in [2.24, 2.45) is 10.9 Å². The molecule has 0 saturated carbocycles. The lowest BCUT2D eigenvalue weighted by Crippen LogP contribution is -2.44. The van der Waals surface area contributed by atoms with Gasteiger partial charge < -0.3 is 0 Å². The Labute approximate surface area is 79.4 Å². The van der Waals surface area contributed by atoms with Gasteiger partial charge in [0.25, 0.3) is 0 Å². The van der Waals surface area contributed by atoms with Crippen molar-refractivity contribution in [2.45, 2.75) is 0 Å². The van der Waals surface area contributed by atoms with Crippen LogP contribution in [0.4, 0.5) is 9.18 Å². The van der Waals surface area contributed by atoms with E-state index in [1.807, 2.05) is 0 Å². The average molecular weight is 194 g/mol. The maximum atomic E-state index is 13.2. The molecule has 2 aliphatic rings. The third-order valence-electron chi connectivity index (χ3n) is 2.18. The van der Waals surface area contributed by atoms with Crippen LogP contribution in [0.1, 0.15) is 0 Å². The zero-order valence-electron chi connectivity index (χ0n) is 7.40. The van der Waals surface area contributed by atoms with Crippen LogP contribution >= 0.6 is 0 Å². The third kappa shape index (κ3) is 1.09. The summed E-state index contributed by atoms with van der Waals surface area (Å²) in [6.45, 7) is 0. The van der Waals surface area contributed by atoms with E-state index >= 15 is 0 Å². The molecule has 0 N–H and O–H groups in total. The number of rotatable bonds is 0. The molecule has 0 fully saturated rings. The van der Waals surface area contributed by atoms with Gasteiger partial charge >= 0.3 is 6.03 Å². The molecular weight excluding hydrogens is 187 g/mol. The van der Waals surface area contributed by atoms with Crippen molar-refractivity contribution >= 4 is 17.6 Å². The van der Waals surface area contributed by atoms with Crippen LogP contribution in [0.3, 0.4) is 0 Å². The first kappa shape index (κ1) is 8.80. The van der Waals surface area contributed by atoms with E-state index in [4.69, 9.17) is 0 Å². The summed E-state index contributed by atoms with van der Waals surface area (Å²) in [6.07, 6.45) is 4.10. The van der Waals surface area contributed by atoms with Crippen LogP contribution in [0.2, 0.25) is 0 Å². The molecule has 0 saturated heterocycles. The lowest BCUT2D eigenvalue weighted by Gasteiger charge is -2.26. The number of halogens is 1. The molecule has 1 unspecified atom stereocenters. The van der Waals surface area contributed by atoms with E-state index in [0.717, 1.165) is 4.90 Å². The van der Waals surface area contributed by atoms with Gasteiger partial charge in [-0.05, 0) is 12.2 Å². The van der Waals surface area contributed by atoms with Crippen molar-refractivity contribution in [1.29, 1.82) is 0 Å². The van der Waals surface area contributed by atoms with Gasteiger partial charge in [-0.25, -0.2) is 9.18 Å². The highest BCUT2D eigenvalue weighted by molar-refractivity contribution is 6.21. The number of fused-ring (bicyclic) bond motifs is 1. The summed E-state index contributed by atoms with van der Waals surface area (Å²) < 4.78 is 13.2. The van der Waals surface area contributed by atoms with Crippen molar-refractivity contribution in [2.75, 3.05) is 7.05 Å². The Morgan fingerprint density at radius 1 is 1.50 bits per heavy atom. The molecule has 0 spiro atoms. The molecule has 1 heterocycles. The predicted molar refractivity (Wildman–Crippen MR) is 47.4 cm³/mol. The minimum atomic E-state index is -1.03. The normalized spacial score (nSPS) is 25.9. The lowest BCUT2D eigenvalue weighted by molar-refractivity contribution is -0.128. The summed E-state index contributed by atoms with van der Waals surface area (Å²) in [5, 5.41) is 0. The van der Waals surface area contributed by atoms with Gasteiger partial charge in [-0.3, -0.25) is 9.69 Å². The number of aliphatic imine (C=N–C) groups is 1. The number of carbonyl (C=O) groups is 2. The van der Waals surface area contributed by atoms with Gasteiger partial charge in [0.1, 0.15) is 11.7 Å². The Hall–Kier alpha value is -1.78. The molecule has 1 atom stereocenters.